The summed E-state index contributed by atoms with van der Waals surface area (Å²) in [6.07, 6.45) is 1.85. The van der Waals surface area contributed by atoms with Crippen molar-refractivity contribution in [1.82, 2.24) is 15.6 Å². The van der Waals surface area contributed by atoms with Gasteiger partial charge in [0, 0.05) is 30.2 Å². The van der Waals surface area contributed by atoms with E-state index in [1.54, 1.807) is 30.5 Å². The lowest BCUT2D eigenvalue weighted by molar-refractivity contribution is 0.1000. The van der Waals surface area contributed by atoms with Gasteiger partial charge in [0.1, 0.15) is 5.01 Å². The number of amides is 1. The molecule has 0 radical (unpaired) electrons. The van der Waals surface area contributed by atoms with Gasteiger partial charge in [-0.25, -0.2) is 4.98 Å². The van der Waals surface area contributed by atoms with Crippen LogP contribution in [-0.4, -0.2) is 23.9 Å². The Labute approximate surface area is 156 Å². The highest BCUT2D eigenvalue weighted by Gasteiger charge is 2.04. The van der Waals surface area contributed by atoms with Crippen molar-refractivity contribution < 1.29 is 4.79 Å². The third-order valence-corrected chi connectivity index (χ3v) is 3.88. The zero-order valence-electron chi connectivity index (χ0n) is 13.0. The Balaban J connectivity index is 0.00000264. The Bertz CT molecular complexity index is 686. The van der Waals surface area contributed by atoms with Gasteiger partial charge in [0.15, 0.2) is 5.96 Å². The first-order valence-corrected chi connectivity index (χ1v) is 7.64. The molecule has 1 aromatic heterocycles. The number of aryl methyl sites for hydroxylation is 1. The summed E-state index contributed by atoms with van der Waals surface area (Å²) in [5, 5.41) is 7.40. The van der Waals surface area contributed by atoms with Crippen LogP contribution in [0.5, 0.6) is 0 Å². The van der Waals surface area contributed by atoms with E-state index in [1.165, 1.54) is 4.88 Å². The summed E-state index contributed by atoms with van der Waals surface area (Å²) in [5.74, 6) is 0.251. The summed E-state index contributed by atoms with van der Waals surface area (Å²) in [4.78, 5) is 20.8. The first-order chi connectivity index (χ1) is 10.6. The molecule has 1 heterocycles. The summed E-state index contributed by atoms with van der Waals surface area (Å²) in [5.41, 5.74) is 6.74. The van der Waals surface area contributed by atoms with Crippen LogP contribution in [0.2, 0.25) is 0 Å². The molecular weight excluding hydrogens is 425 g/mol. The van der Waals surface area contributed by atoms with Crippen molar-refractivity contribution in [2.45, 2.75) is 20.0 Å². The lowest BCUT2D eigenvalue weighted by atomic mass is 10.1. The van der Waals surface area contributed by atoms with E-state index in [1.807, 2.05) is 25.3 Å². The number of benzene rings is 1. The number of halogens is 1. The molecule has 0 spiro atoms. The van der Waals surface area contributed by atoms with E-state index in [9.17, 15) is 4.79 Å². The highest BCUT2D eigenvalue weighted by atomic mass is 127. The van der Waals surface area contributed by atoms with E-state index in [0.29, 0.717) is 24.6 Å². The molecule has 2 rings (SSSR count). The summed E-state index contributed by atoms with van der Waals surface area (Å²) in [6.45, 7) is 3.21. The van der Waals surface area contributed by atoms with E-state index < -0.39 is 5.91 Å². The molecule has 0 saturated carbocycles. The summed E-state index contributed by atoms with van der Waals surface area (Å²) in [7, 11) is 1.71. The fraction of sp³-hybridized carbons (Fsp3) is 0.267. The van der Waals surface area contributed by atoms with Crippen LogP contribution in [-0.2, 0) is 13.1 Å². The minimum atomic E-state index is -0.427. The zero-order valence-corrected chi connectivity index (χ0v) is 16.1. The standard InChI is InChI=1S/C15H19N5OS.HI/c1-10-7-18-13(22-10)9-20-15(17-2)19-8-11-4-3-5-12(6-11)14(16)21;/h3-7H,8-9H2,1-2H3,(H2,16,21)(H2,17,19,20);1H. The quantitative estimate of drug-likeness (QED) is 0.373. The number of nitrogens with two attached hydrogens (primary N) is 1. The average molecular weight is 445 g/mol. The van der Waals surface area contributed by atoms with Crippen LogP contribution >= 0.6 is 35.3 Å². The fourth-order valence-electron chi connectivity index (χ4n) is 1.88. The van der Waals surface area contributed by atoms with Gasteiger partial charge in [-0.15, -0.1) is 35.3 Å². The van der Waals surface area contributed by atoms with Gasteiger partial charge in [0.05, 0.1) is 6.54 Å². The second kappa shape index (κ2) is 9.46. The molecule has 0 aliphatic carbocycles. The molecule has 1 amide bonds. The lowest BCUT2D eigenvalue weighted by Gasteiger charge is -2.11. The zero-order chi connectivity index (χ0) is 15.9. The maximum absolute atomic E-state index is 11.2. The van der Waals surface area contributed by atoms with Crippen molar-refractivity contribution in [3.05, 3.63) is 51.5 Å². The summed E-state index contributed by atoms with van der Waals surface area (Å²) >= 11 is 1.65. The van der Waals surface area contributed by atoms with Crippen molar-refractivity contribution in [3.8, 4) is 0 Å². The number of hydrogen-bond donors (Lipinski definition) is 3. The van der Waals surface area contributed by atoms with Crippen LogP contribution in [0.1, 0.15) is 25.8 Å². The Morgan fingerprint density at radius 3 is 2.70 bits per heavy atom. The van der Waals surface area contributed by atoms with Crippen molar-refractivity contribution in [3.63, 3.8) is 0 Å². The van der Waals surface area contributed by atoms with Crippen molar-refractivity contribution in [2.75, 3.05) is 7.05 Å². The van der Waals surface area contributed by atoms with E-state index >= 15 is 0 Å². The number of aliphatic imine (C=N–C) groups is 1. The Morgan fingerprint density at radius 2 is 2.09 bits per heavy atom. The van der Waals surface area contributed by atoms with Crippen molar-refractivity contribution >= 4 is 47.2 Å². The first kappa shape index (κ1) is 19.4. The molecule has 2 aromatic rings. The second-order valence-corrected chi connectivity index (χ2v) is 6.03. The molecule has 0 atom stereocenters. The molecule has 124 valence electrons. The SMILES string of the molecule is CN=C(NCc1cccc(C(N)=O)c1)NCc1ncc(C)s1.I. The van der Waals surface area contributed by atoms with Gasteiger partial charge in [-0.05, 0) is 24.6 Å². The second-order valence-electron chi connectivity index (χ2n) is 4.71. The molecular formula is C15H20IN5OS. The maximum Gasteiger partial charge on any atom is 0.248 e. The molecule has 0 saturated heterocycles. The summed E-state index contributed by atoms with van der Waals surface area (Å²) in [6, 6.07) is 7.21. The van der Waals surface area contributed by atoms with Crippen LogP contribution in [0, 0.1) is 6.92 Å². The fourth-order valence-corrected chi connectivity index (χ4v) is 2.61. The summed E-state index contributed by atoms with van der Waals surface area (Å²) < 4.78 is 0. The monoisotopic (exact) mass is 445 g/mol. The number of carbonyl (C=O) groups is 1. The minimum absolute atomic E-state index is 0. The molecule has 0 bridgehead atoms. The highest BCUT2D eigenvalue weighted by Crippen LogP contribution is 2.10. The van der Waals surface area contributed by atoms with Gasteiger partial charge in [-0.3, -0.25) is 9.79 Å². The van der Waals surface area contributed by atoms with E-state index in [2.05, 4.69) is 20.6 Å². The molecule has 1 aromatic carbocycles. The third-order valence-electron chi connectivity index (χ3n) is 2.97. The molecule has 6 nitrogen and oxygen atoms in total. The lowest BCUT2D eigenvalue weighted by Crippen LogP contribution is -2.36. The predicted octanol–water partition coefficient (Wildman–Crippen LogP) is 2.03. The predicted molar refractivity (Wildman–Crippen MR) is 104 cm³/mol. The van der Waals surface area contributed by atoms with Gasteiger partial charge < -0.3 is 16.4 Å². The highest BCUT2D eigenvalue weighted by molar-refractivity contribution is 14.0. The third kappa shape index (κ3) is 6.14. The molecule has 0 unspecified atom stereocenters. The van der Waals surface area contributed by atoms with Gasteiger partial charge in [-0.1, -0.05) is 12.1 Å². The number of hydrogen-bond acceptors (Lipinski definition) is 4. The van der Waals surface area contributed by atoms with E-state index in [-0.39, 0.29) is 24.0 Å². The van der Waals surface area contributed by atoms with E-state index in [0.717, 1.165) is 10.6 Å². The number of carbonyl (C=O) groups excluding carboxylic acids is 1. The van der Waals surface area contributed by atoms with Crippen LogP contribution in [0.3, 0.4) is 0 Å². The molecule has 23 heavy (non-hydrogen) atoms. The van der Waals surface area contributed by atoms with Gasteiger partial charge in [0.25, 0.3) is 0 Å². The number of aromatic nitrogens is 1. The Kier molecular flexibility index (Phi) is 7.96. The normalized spacial score (nSPS) is 10.8. The number of nitrogens with one attached hydrogen (secondary N) is 2. The molecule has 4 N–H and O–H groups in total. The first-order valence-electron chi connectivity index (χ1n) is 6.83. The smallest absolute Gasteiger partial charge is 0.248 e. The number of rotatable bonds is 5. The molecule has 0 aliphatic heterocycles. The largest absolute Gasteiger partial charge is 0.366 e. The topological polar surface area (TPSA) is 92.4 Å². The number of guanidine groups is 1. The van der Waals surface area contributed by atoms with Gasteiger partial charge >= 0.3 is 0 Å². The van der Waals surface area contributed by atoms with Gasteiger partial charge in [0.2, 0.25) is 5.91 Å². The van der Waals surface area contributed by atoms with Crippen LogP contribution < -0.4 is 16.4 Å². The van der Waals surface area contributed by atoms with Gasteiger partial charge in [-0.2, -0.15) is 0 Å². The molecule has 0 aliphatic rings. The molecule has 0 fully saturated rings. The number of nitrogens with zero attached hydrogens (tertiary/aromatic N) is 2. The van der Waals surface area contributed by atoms with Crippen molar-refractivity contribution in [2.24, 2.45) is 10.7 Å². The Hall–Kier alpha value is -1.68. The maximum atomic E-state index is 11.2. The van der Waals surface area contributed by atoms with Crippen LogP contribution in [0.4, 0.5) is 0 Å². The van der Waals surface area contributed by atoms with Crippen LogP contribution in [0.25, 0.3) is 0 Å². The molecule has 8 heteroatoms. The minimum Gasteiger partial charge on any atom is -0.366 e. The van der Waals surface area contributed by atoms with Crippen LogP contribution in [0.15, 0.2) is 35.5 Å². The number of primary amides is 1. The Morgan fingerprint density at radius 1 is 1.35 bits per heavy atom. The van der Waals surface area contributed by atoms with E-state index in [4.69, 9.17) is 5.73 Å². The number of thiazole rings is 1. The average Bonchev–Trinajstić information content (AvgIpc) is 2.93. The van der Waals surface area contributed by atoms with Crippen molar-refractivity contribution in [1.29, 1.82) is 0 Å².